The highest BCUT2D eigenvalue weighted by molar-refractivity contribution is 6.09. The van der Waals surface area contributed by atoms with Crippen molar-refractivity contribution in [3.8, 4) is 0 Å². The zero-order valence-corrected chi connectivity index (χ0v) is 16.3. The van der Waals surface area contributed by atoms with Gasteiger partial charge in [-0.1, -0.05) is 24.3 Å². The summed E-state index contributed by atoms with van der Waals surface area (Å²) in [4.78, 5) is 22.2. The van der Waals surface area contributed by atoms with Crippen molar-refractivity contribution in [3.05, 3.63) is 65.6 Å². The lowest BCUT2D eigenvalue weighted by molar-refractivity contribution is 0.0546. The van der Waals surface area contributed by atoms with Gasteiger partial charge in [-0.05, 0) is 30.5 Å². The van der Waals surface area contributed by atoms with Crippen LogP contribution in [0, 0.1) is 0 Å². The van der Waals surface area contributed by atoms with Crippen LogP contribution in [-0.4, -0.2) is 50.9 Å². The Balaban J connectivity index is 1.31. The number of piperidine rings is 1. The number of hydrogen-bond acceptors (Lipinski definition) is 3. The second-order valence-corrected chi connectivity index (χ2v) is 8.02. The van der Waals surface area contributed by atoms with Crippen LogP contribution in [0.4, 0.5) is 0 Å². The molecule has 1 saturated heterocycles. The molecule has 4 heterocycles. The second kappa shape index (κ2) is 7.06. The summed E-state index contributed by atoms with van der Waals surface area (Å²) in [7, 11) is 2.08. The standard InChI is InChI=1S/C23H26N4O/c1-25-20-7-3-2-6-19(20)22-21(25)10-14-27(23(22)28)18-8-12-26(13-9-18)16-17-5-4-11-24-15-17/h2-7,11,15,18H,8-10,12-14,16H2,1H3. The second-order valence-electron chi connectivity index (χ2n) is 8.02. The molecule has 0 aliphatic carbocycles. The van der Waals surface area contributed by atoms with Gasteiger partial charge >= 0.3 is 0 Å². The van der Waals surface area contributed by atoms with Crippen LogP contribution in [0.2, 0.25) is 0 Å². The topological polar surface area (TPSA) is 41.4 Å². The molecule has 2 aromatic heterocycles. The summed E-state index contributed by atoms with van der Waals surface area (Å²) in [6, 6.07) is 12.8. The van der Waals surface area contributed by atoms with Gasteiger partial charge < -0.3 is 9.47 Å². The molecule has 5 nitrogen and oxygen atoms in total. The Hall–Kier alpha value is -2.66. The van der Waals surface area contributed by atoms with Crippen molar-refractivity contribution in [2.45, 2.75) is 31.8 Å². The number of likely N-dealkylation sites (tertiary alicyclic amines) is 1. The Kier molecular flexibility index (Phi) is 4.40. The molecule has 0 N–H and O–H groups in total. The minimum Gasteiger partial charge on any atom is -0.347 e. The van der Waals surface area contributed by atoms with E-state index in [1.807, 2.05) is 30.6 Å². The number of carbonyl (C=O) groups is 1. The number of carbonyl (C=O) groups excluding carboxylic acids is 1. The first kappa shape index (κ1) is 17.4. The number of fused-ring (bicyclic) bond motifs is 3. The van der Waals surface area contributed by atoms with Gasteiger partial charge in [-0.3, -0.25) is 14.7 Å². The SMILES string of the molecule is Cn1c2c(c3ccccc31)C(=O)N(C1CCN(Cc3cccnc3)CC1)CC2. The first-order valence-electron chi connectivity index (χ1n) is 10.2. The summed E-state index contributed by atoms with van der Waals surface area (Å²) in [5, 5.41) is 1.10. The van der Waals surface area contributed by atoms with Crippen LogP contribution in [0.15, 0.2) is 48.8 Å². The molecule has 0 bridgehead atoms. The summed E-state index contributed by atoms with van der Waals surface area (Å²) in [6.45, 7) is 3.85. The van der Waals surface area contributed by atoms with Crippen molar-refractivity contribution in [1.29, 1.82) is 0 Å². The Bertz CT molecular complexity index is 1000. The monoisotopic (exact) mass is 374 g/mol. The predicted molar refractivity (Wildman–Crippen MR) is 110 cm³/mol. The summed E-state index contributed by atoms with van der Waals surface area (Å²) in [6.07, 6.45) is 6.81. The van der Waals surface area contributed by atoms with E-state index in [-0.39, 0.29) is 5.91 Å². The number of hydrogen-bond donors (Lipinski definition) is 0. The van der Waals surface area contributed by atoms with Gasteiger partial charge in [-0.25, -0.2) is 0 Å². The first-order valence-corrected chi connectivity index (χ1v) is 10.2. The van der Waals surface area contributed by atoms with Crippen LogP contribution < -0.4 is 0 Å². The summed E-state index contributed by atoms with van der Waals surface area (Å²) < 4.78 is 2.20. The van der Waals surface area contributed by atoms with E-state index in [9.17, 15) is 4.79 Å². The Morgan fingerprint density at radius 3 is 2.68 bits per heavy atom. The molecule has 28 heavy (non-hydrogen) atoms. The van der Waals surface area contributed by atoms with Crippen LogP contribution in [0.5, 0.6) is 0 Å². The van der Waals surface area contributed by atoms with Crippen LogP contribution >= 0.6 is 0 Å². The third-order valence-electron chi connectivity index (χ3n) is 6.42. The molecule has 0 radical (unpaired) electrons. The maximum atomic E-state index is 13.4. The maximum absolute atomic E-state index is 13.4. The van der Waals surface area contributed by atoms with E-state index in [4.69, 9.17) is 0 Å². The van der Waals surface area contributed by atoms with Crippen molar-refractivity contribution >= 4 is 16.8 Å². The van der Waals surface area contributed by atoms with E-state index in [0.717, 1.165) is 61.9 Å². The molecule has 3 aromatic rings. The van der Waals surface area contributed by atoms with Gasteiger partial charge in [0.2, 0.25) is 0 Å². The highest BCUT2D eigenvalue weighted by atomic mass is 16.2. The minimum absolute atomic E-state index is 0.226. The van der Waals surface area contributed by atoms with E-state index >= 15 is 0 Å². The third kappa shape index (κ3) is 2.90. The molecule has 0 unspecified atom stereocenters. The normalized spacial score (nSPS) is 18.6. The van der Waals surface area contributed by atoms with E-state index in [1.165, 1.54) is 11.3 Å². The highest BCUT2D eigenvalue weighted by Gasteiger charge is 2.35. The number of pyridine rings is 1. The molecule has 2 aliphatic rings. The van der Waals surface area contributed by atoms with Gasteiger partial charge in [0, 0.05) is 74.7 Å². The van der Waals surface area contributed by atoms with E-state index in [2.05, 4.69) is 44.6 Å². The number of aromatic nitrogens is 2. The molecule has 1 aromatic carbocycles. The van der Waals surface area contributed by atoms with Crippen LogP contribution in [0.1, 0.15) is 34.5 Å². The zero-order valence-electron chi connectivity index (χ0n) is 16.3. The molecule has 2 aliphatic heterocycles. The fourth-order valence-corrected chi connectivity index (χ4v) is 4.94. The van der Waals surface area contributed by atoms with Crippen molar-refractivity contribution in [2.75, 3.05) is 19.6 Å². The van der Waals surface area contributed by atoms with Crippen molar-refractivity contribution in [1.82, 2.24) is 19.4 Å². The van der Waals surface area contributed by atoms with Gasteiger partial charge in [0.25, 0.3) is 5.91 Å². The smallest absolute Gasteiger partial charge is 0.256 e. The number of para-hydroxylation sites is 1. The molecule has 1 amide bonds. The van der Waals surface area contributed by atoms with Gasteiger partial charge in [0.15, 0.2) is 0 Å². The Labute approximate surface area is 165 Å². The fraction of sp³-hybridized carbons (Fsp3) is 0.391. The molecule has 0 atom stereocenters. The van der Waals surface area contributed by atoms with Gasteiger partial charge in [0.1, 0.15) is 0 Å². The summed E-state index contributed by atoms with van der Waals surface area (Å²) in [5.41, 5.74) is 4.54. The summed E-state index contributed by atoms with van der Waals surface area (Å²) >= 11 is 0. The number of nitrogens with zero attached hydrogens (tertiary/aromatic N) is 4. The molecular formula is C23H26N4O. The van der Waals surface area contributed by atoms with Crippen LogP contribution in [0.3, 0.4) is 0 Å². The number of aryl methyl sites for hydroxylation is 1. The Morgan fingerprint density at radius 2 is 1.89 bits per heavy atom. The molecule has 0 spiro atoms. The third-order valence-corrected chi connectivity index (χ3v) is 6.42. The minimum atomic E-state index is 0.226. The van der Waals surface area contributed by atoms with Gasteiger partial charge in [-0.15, -0.1) is 0 Å². The molecule has 5 rings (SSSR count). The first-order chi connectivity index (χ1) is 13.7. The quantitative estimate of drug-likeness (QED) is 0.707. The average Bonchev–Trinajstić information content (AvgIpc) is 3.03. The van der Waals surface area contributed by atoms with Crippen LogP contribution in [0.25, 0.3) is 10.9 Å². The lowest BCUT2D eigenvalue weighted by Gasteiger charge is -2.40. The predicted octanol–water partition coefficient (Wildman–Crippen LogP) is 3.24. The molecule has 5 heteroatoms. The van der Waals surface area contributed by atoms with Crippen LogP contribution in [-0.2, 0) is 20.0 Å². The van der Waals surface area contributed by atoms with E-state index in [1.54, 1.807) is 0 Å². The molecule has 1 fully saturated rings. The highest BCUT2D eigenvalue weighted by Crippen LogP contribution is 2.32. The summed E-state index contributed by atoms with van der Waals surface area (Å²) in [5.74, 6) is 0.226. The van der Waals surface area contributed by atoms with Gasteiger partial charge in [0.05, 0.1) is 5.56 Å². The van der Waals surface area contributed by atoms with Gasteiger partial charge in [-0.2, -0.15) is 0 Å². The largest absolute Gasteiger partial charge is 0.347 e. The lowest BCUT2D eigenvalue weighted by atomic mass is 9.97. The van der Waals surface area contributed by atoms with Crippen molar-refractivity contribution < 1.29 is 4.79 Å². The average molecular weight is 374 g/mol. The maximum Gasteiger partial charge on any atom is 0.256 e. The van der Waals surface area contributed by atoms with E-state index < -0.39 is 0 Å². The lowest BCUT2D eigenvalue weighted by Crippen LogP contribution is -2.49. The van der Waals surface area contributed by atoms with E-state index in [0.29, 0.717) is 6.04 Å². The van der Waals surface area contributed by atoms with Crippen molar-refractivity contribution in [2.24, 2.45) is 7.05 Å². The Morgan fingerprint density at radius 1 is 1.07 bits per heavy atom. The number of benzene rings is 1. The fourth-order valence-electron chi connectivity index (χ4n) is 4.94. The van der Waals surface area contributed by atoms with Crippen molar-refractivity contribution in [3.63, 3.8) is 0 Å². The molecule has 0 saturated carbocycles. The zero-order chi connectivity index (χ0) is 19.1. The molecule has 144 valence electrons. The number of amides is 1. The number of rotatable bonds is 3. The molecular weight excluding hydrogens is 348 g/mol.